The summed E-state index contributed by atoms with van der Waals surface area (Å²) in [6, 6.07) is 8.59. The Morgan fingerprint density at radius 2 is 2.19 bits per heavy atom. The number of para-hydroxylation sites is 1. The van der Waals surface area contributed by atoms with E-state index < -0.39 is 0 Å². The predicted molar refractivity (Wildman–Crippen MR) is 66.1 cm³/mol. The van der Waals surface area contributed by atoms with Gasteiger partial charge < -0.3 is 15.8 Å². The summed E-state index contributed by atoms with van der Waals surface area (Å²) >= 11 is 0. The Labute approximate surface area is 97.0 Å². The maximum Gasteiger partial charge on any atom is 0.0586 e. The summed E-state index contributed by atoms with van der Waals surface area (Å²) in [6.45, 7) is 0.855. The zero-order valence-corrected chi connectivity index (χ0v) is 9.78. The van der Waals surface area contributed by atoms with E-state index >= 15 is 0 Å². The molecule has 0 amide bonds. The molecule has 1 aromatic carbocycles. The van der Waals surface area contributed by atoms with Crippen molar-refractivity contribution in [2.75, 3.05) is 12.8 Å². The topological polar surface area (TPSA) is 47.3 Å². The molecule has 0 radical (unpaired) electrons. The average Bonchev–Trinajstić information content (AvgIpc) is 2.76. The van der Waals surface area contributed by atoms with Crippen LogP contribution >= 0.6 is 0 Å². The molecule has 16 heavy (non-hydrogen) atoms. The lowest BCUT2D eigenvalue weighted by atomic mass is 10.1. The van der Waals surface area contributed by atoms with Crippen molar-refractivity contribution in [2.24, 2.45) is 0 Å². The highest BCUT2D eigenvalue weighted by atomic mass is 16.5. The standard InChI is InChI=1S/C13H20N2O/c1-16-12-7-6-11(8-12)15-9-10-4-2-3-5-13(10)14/h2-5,11-12,15H,6-9,14H2,1H3. The van der Waals surface area contributed by atoms with Gasteiger partial charge in [-0.1, -0.05) is 18.2 Å². The van der Waals surface area contributed by atoms with Gasteiger partial charge in [0.1, 0.15) is 0 Å². The number of ether oxygens (including phenoxy) is 1. The number of rotatable bonds is 4. The molecular formula is C13H20N2O. The molecule has 0 saturated heterocycles. The van der Waals surface area contributed by atoms with Crippen molar-refractivity contribution in [2.45, 2.75) is 38.0 Å². The first-order valence-corrected chi connectivity index (χ1v) is 5.89. The molecule has 0 aromatic heterocycles. The smallest absolute Gasteiger partial charge is 0.0586 e. The molecule has 1 aliphatic carbocycles. The van der Waals surface area contributed by atoms with Gasteiger partial charge in [0.05, 0.1) is 6.10 Å². The molecule has 1 saturated carbocycles. The van der Waals surface area contributed by atoms with Crippen LogP contribution in [0.5, 0.6) is 0 Å². The average molecular weight is 220 g/mol. The number of anilines is 1. The molecule has 3 nitrogen and oxygen atoms in total. The van der Waals surface area contributed by atoms with E-state index in [0.717, 1.165) is 18.7 Å². The summed E-state index contributed by atoms with van der Waals surface area (Å²) in [5.74, 6) is 0. The quantitative estimate of drug-likeness (QED) is 0.762. The van der Waals surface area contributed by atoms with Gasteiger partial charge in [-0.2, -0.15) is 0 Å². The van der Waals surface area contributed by atoms with E-state index in [9.17, 15) is 0 Å². The lowest BCUT2D eigenvalue weighted by Crippen LogP contribution is -2.27. The molecule has 0 bridgehead atoms. The first-order chi connectivity index (χ1) is 7.79. The van der Waals surface area contributed by atoms with Crippen LogP contribution in [0.15, 0.2) is 24.3 Å². The minimum atomic E-state index is 0.436. The van der Waals surface area contributed by atoms with Crippen LogP contribution in [-0.4, -0.2) is 19.3 Å². The van der Waals surface area contributed by atoms with E-state index in [4.69, 9.17) is 10.5 Å². The normalized spacial score (nSPS) is 24.8. The van der Waals surface area contributed by atoms with Crippen molar-refractivity contribution < 1.29 is 4.74 Å². The molecule has 1 aliphatic rings. The second-order valence-electron chi connectivity index (χ2n) is 4.45. The Morgan fingerprint density at radius 1 is 1.38 bits per heavy atom. The first-order valence-electron chi connectivity index (χ1n) is 5.89. The zero-order valence-electron chi connectivity index (χ0n) is 9.78. The van der Waals surface area contributed by atoms with Crippen LogP contribution in [0.3, 0.4) is 0 Å². The number of methoxy groups -OCH3 is 1. The summed E-state index contributed by atoms with van der Waals surface area (Å²) < 4.78 is 5.35. The number of nitrogens with one attached hydrogen (secondary N) is 1. The number of benzene rings is 1. The molecule has 2 atom stereocenters. The molecule has 0 heterocycles. The summed E-state index contributed by atoms with van der Waals surface area (Å²) in [5, 5.41) is 3.54. The minimum absolute atomic E-state index is 0.436. The Morgan fingerprint density at radius 3 is 2.88 bits per heavy atom. The lowest BCUT2D eigenvalue weighted by molar-refractivity contribution is 0.107. The van der Waals surface area contributed by atoms with E-state index in [1.54, 1.807) is 7.11 Å². The van der Waals surface area contributed by atoms with Gasteiger partial charge in [-0.25, -0.2) is 0 Å². The molecule has 1 aromatic rings. The van der Waals surface area contributed by atoms with Gasteiger partial charge in [-0.3, -0.25) is 0 Å². The fraction of sp³-hybridized carbons (Fsp3) is 0.538. The SMILES string of the molecule is COC1CCC(NCc2ccccc2N)C1. The van der Waals surface area contributed by atoms with Crippen LogP contribution in [0, 0.1) is 0 Å². The van der Waals surface area contributed by atoms with Gasteiger partial charge in [-0.05, 0) is 30.9 Å². The van der Waals surface area contributed by atoms with Crippen LogP contribution in [0.2, 0.25) is 0 Å². The Kier molecular flexibility index (Phi) is 3.80. The highest BCUT2D eigenvalue weighted by molar-refractivity contribution is 5.46. The molecule has 3 N–H and O–H groups in total. The number of hydrogen-bond donors (Lipinski definition) is 2. The van der Waals surface area contributed by atoms with Crippen LogP contribution < -0.4 is 11.1 Å². The van der Waals surface area contributed by atoms with Gasteiger partial charge in [0.2, 0.25) is 0 Å². The van der Waals surface area contributed by atoms with Crippen molar-refractivity contribution in [3.8, 4) is 0 Å². The molecule has 3 heteroatoms. The maximum absolute atomic E-state index is 5.89. The van der Waals surface area contributed by atoms with Crippen molar-refractivity contribution in [3.63, 3.8) is 0 Å². The molecule has 0 aliphatic heterocycles. The number of nitrogen functional groups attached to an aromatic ring is 1. The van der Waals surface area contributed by atoms with Crippen LogP contribution in [0.4, 0.5) is 5.69 Å². The van der Waals surface area contributed by atoms with Crippen LogP contribution in [0.1, 0.15) is 24.8 Å². The molecule has 0 spiro atoms. The van der Waals surface area contributed by atoms with Gasteiger partial charge in [0.15, 0.2) is 0 Å². The summed E-state index contributed by atoms with van der Waals surface area (Å²) in [6.07, 6.45) is 3.91. The number of hydrogen-bond acceptors (Lipinski definition) is 3. The monoisotopic (exact) mass is 220 g/mol. The molecular weight excluding hydrogens is 200 g/mol. The summed E-state index contributed by atoms with van der Waals surface area (Å²) in [5.41, 5.74) is 7.95. The van der Waals surface area contributed by atoms with Crippen molar-refractivity contribution in [3.05, 3.63) is 29.8 Å². The largest absolute Gasteiger partial charge is 0.398 e. The van der Waals surface area contributed by atoms with Gasteiger partial charge in [0, 0.05) is 25.4 Å². The molecule has 1 fully saturated rings. The zero-order chi connectivity index (χ0) is 11.4. The highest BCUT2D eigenvalue weighted by Crippen LogP contribution is 2.22. The van der Waals surface area contributed by atoms with Crippen LogP contribution in [-0.2, 0) is 11.3 Å². The van der Waals surface area contributed by atoms with E-state index in [-0.39, 0.29) is 0 Å². The predicted octanol–water partition coefficient (Wildman–Crippen LogP) is 1.93. The van der Waals surface area contributed by atoms with Crippen LogP contribution in [0.25, 0.3) is 0 Å². The number of nitrogens with two attached hydrogens (primary N) is 1. The van der Waals surface area contributed by atoms with E-state index in [0.29, 0.717) is 12.1 Å². The van der Waals surface area contributed by atoms with Crippen molar-refractivity contribution in [1.29, 1.82) is 0 Å². The van der Waals surface area contributed by atoms with Gasteiger partial charge in [0.25, 0.3) is 0 Å². The Hall–Kier alpha value is -1.06. The first kappa shape index (κ1) is 11.4. The van der Waals surface area contributed by atoms with Gasteiger partial charge in [-0.15, -0.1) is 0 Å². The Balaban J connectivity index is 1.82. The second kappa shape index (κ2) is 5.32. The third-order valence-electron chi connectivity index (χ3n) is 3.35. The van der Waals surface area contributed by atoms with E-state index in [1.165, 1.54) is 18.4 Å². The fourth-order valence-corrected chi connectivity index (χ4v) is 2.29. The Bertz CT molecular complexity index is 340. The second-order valence-corrected chi connectivity index (χ2v) is 4.45. The summed E-state index contributed by atoms with van der Waals surface area (Å²) in [4.78, 5) is 0. The molecule has 88 valence electrons. The minimum Gasteiger partial charge on any atom is -0.398 e. The molecule has 2 rings (SSSR count). The van der Waals surface area contributed by atoms with Crippen molar-refractivity contribution in [1.82, 2.24) is 5.32 Å². The highest BCUT2D eigenvalue weighted by Gasteiger charge is 2.23. The van der Waals surface area contributed by atoms with E-state index in [1.807, 2.05) is 18.2 Å². The molecule has 2 unspecified atom stereocenters. The lowest BCUT2D eigenvalue weighted by Gasteiger charge is -2.13. The van der Waals surface area contributed by atoms with Crippen molar-refractivity contribution >= 4 is 5.69 Å². The third kappa shape index (κ3) is 2.74. The fourth-order valence-electron chi connectivity index (χ4n) is 2.29. The summed E-state index contributed by atoms with van der Waals surface area (Å²) in [7, 11) is 1.79. The van der Waals surface area contributed by atoms with Gasteiger partial charge >= 0.3 is 0 Å². The maximum atomic E-state index is 5.89. The van der Waals surface area contributed by atoms with E-state index in [2.05, 4.69) is 11.4 Å². The third-order valence-corrected chi connectivity index (χ3v) is 3.35.